The third-order valence-electron chi connectivity index (χ3n) is 3.74. The number of piperazine rings is 1. The Morgan fingerprint density at radius 2 is 1.74 bits per heavy atom. The molecule has 0 aromatic heterocycles. The number of benzene rings is 1. The number of hydrogen-bond donors (Lipinski definition) is 1. The van der Waals surface area contributed by atoms with Crippen molar-refractivity contribution >= 4 is 23.3 Å². The molecule has 1 aromatic carbocycles. The summed E-state index contributed by atoms with van der Waals surface area (Å²) in [6.45, 7) is 9.96. The minimum absolute atomic E-state index is 0.101. The van der Waals surface area contributed by atoms with Crippen LogP contribution in [0, 0.1) is 0 Å². The van der Waals surface area contributed by atoms with Gasteiger partial charge in [0.2, 0.25) is 5.91 Å². The van der Waals surface area contributed by atoms with Crippen molar-refractivity contribution in [3.8, 4) is 0 Å². The first-order valence-electron chi connectivity index (χ1n) is 7.81. The van der Waals surface area contributed by atoms with Crippen LogP contribution in [0.2, 0.25) is 0 Å². The lowest BCUT2D eigenvalue weighted by molar-refractivity contribution is -0.129. The first kappa shape index (κ1) is 17.1. The van der Waals surface area contributed by atoms with Crippen LogP contribution in [0.25, 0.3) is 0 Å². The Hall–Kier alpha value is -2.24. The Bertz CT molecular complexity index is 600. The summed E-state index contributed by atoms with van der Waals surface area (Å²) < 4.78 is 5.35. The van der Waals surface area contributed by atoms with Gasteiger partial charge in [0.15, 0.2) is 0 Å². The van der Waals surface area contributed by atoms with Crippen LogP contribution in [-0.2, 0) is 9.53 Å². The van der Waals surface area contributed by atoms with Gasteiger partial charge in [-0.2, -0.15) is 0 Å². The van der Waals surface area contributed by atoms with Crippen LogP contribution >= 0.6 is 0 Å². The molecule has 126 valence electrons. The number of hydrogen-bond acceptors (Lipinski definition) is 5. The monoisotopic (exact) mass is 319 g/mol. The van der Waals surface area contributed by atoms with E-state index in [1.54, 1.807) is 19.1 Å². The third kappa shape index (κ3) is 4.37. The van der Waals surface area contributed by atoms with Gasteiger partial charge in [0.05, 0.1) is 5.56 Å². The van der Waals surface area contributed by atoms with Gasteiger partial charge in [0, 0.05) is 44.5 Å². The number of anilines is 2. The Morgan fingerprint density at radius 1 is 1.13 bits per heavy atom. The molecule has 0 spiro atoms. The number of esters is 1. The second-order valence-electron chi connectivity index (χ2n) is 6.77. The van der Waals surface area contributed by atoms with Crippen molar-refractivity contribution in [2.75, 3.05) is 36.8 Å². The lowest BCUT2D eigenvalue weighted by Crippen LogP contribution is -2.48. The van der Waals surface area contributed by atoms with Gasteiger partial charge >= 0.3 is 5.97 Å². The molecule has 1 fully saturated rings. The zero-order valence-corrected chi connectivity index (χ0v) is 14.3. The number of amides is 1. The molecule has 1 aliphatic rings. The Balaban J connectivity index is 2.08. The van der Waals surface area contributed by atoms with E-state index >= 15 is 0 Å². The number of carbonyl (C=O) groups excluding carboxylic acids is 2. The molecule has 0 radical (unpaired) electrons. The Morgan fingerprint density at radius 3 is 2.22 bits per heavy atom. The van der Waals surface area contributed by atoms with Crippen molar-refractivity contribution in [2.24, 2.45) is 0 Å². The van der Waals surface area contributed by atoms with E-state index in [1.165, 1.54) is 0 Å². The average Bonchev–Trinajstić information content (AvgIpc) is 2.45. The highest BCUT2D eigenvalue weighted by molar-refractivity contribution is 5.96. The van der Waals surface area contributed by atoms with Crippen LogP contribution in [-0.4, -0.2) is 48.6 Å². The van der Waals surface area contributed by atoms with Crippen LogP contribution in [0.1, 0.15) is 38.1 Å². The van der Waals surface area contributed by atoms with E-state index in [0.29, 0.717) is 24.3 Å². The van der Waals surface area contributed by atoms with Gasteiger partial charge in [-0.1, -0.05) is 0 Å². The molecule has 1 saturated heterocycles. The van der Waals surface area contributed by atoms with Crippen molar-refractivity contribution in [3.05, 3.63) is 23.8 Å². The van der Waals surface area contributed by atoms with Crippen molar-refractivity contribution < 1.29 is 14.3 Å². The molecule has 6 heteroatoms. The lowest BCUT2D eigenvalue weighted by Gasteiger charge is -2.35. The van der Waals surface area contributed by atoms with E-state index < -0.39 is 11.6 Å². The van der Waals surface area contributed by atoms with E-state index in [9.17, 15) is 9.59 Å². The number of nitrogens with two attached hydrogens (primary N) is 1. The summed E-state index contributed by atoms with van der Waals surface area (Å²) in [5.74, 6) is -0.313. The van der Waals surface area contributed by atoms with Gasteiger partial charge in [-0.25, -0.2) is 4.79 Å². The van der Waals surface area contributed by atoms with E-state index in [-0.39, 0.29) is 5.91 Å². The maximum absolute atomic E-state index is 12.1. The number of nitrogen functional groups attached to an aromatic ring is 1. The van der Waals surface area contributed by atoms with Crippen LogP contribution in [0.3, 0.4) is 0 Å². The summed E-state index contributed by atoms with van der Waals surface area (Å²) in [7, 11) is 0. The van der Waals surface area contributed by atoms with Crippen LogP contribution < -0.4 is 10.6 Å². The molecule has 2 rings (SSSR count). The lowest BCUT2D eigenvalue weighted by atomic mass is 10.1. The summed E-state index contributed by atoms with van der Waals surface area (Å²) in [6.07, 6.45) is 0. The van der Waals surface area contributed by atoms with Crippen molar-refractivity contribution in [1.29, 1.82) is 0 Å². The van der Waals surface area contributed by atoms with Crippen molar-refractivity contribution in [3.63, 3.8) is 0 Å². The highest BCUT2D eigenvalue weighted by atomic mass is 16.6. The highest BCUT2D eigenvalue weighted by Crippen LogP contribution is 2.24. The van der Waals surface area contributed by atoms with Gasteiger partial charge in [0.25, 0.3) is 0 Å². The topological polar surface area (TPSA) is 75.9 Å². The summed E-state index contributed by atoms with van der Waals surface area (Å²) in [5, 5.41) is 0. The standard InChI is InChI=1S/C17H25N3O3/c1-12(21)19-7-9-20(10-8-19)13-5-6-14(15(18)11-13)16(22)23-17(2,3)4/h5-6,11H,7-10,18H2,1-4H3. The predicted molar refractivity (Wildman–Crippen MR) is 90.5 cm³/mol. The molecule has 23 heavy (non-hydrogen) atoms. The van der Waals surface area contributed by atoms with Crippen molar-refractivity contribution in [2.45, 2.75) is 33.3 Å². The molecule has 0 atom stereocenters. The normalized spacial score (nSPS) is 15.5. The maximum Gasteiger partial charge on any atom is 0.340 e. The average molecular weight is 319 g/mol. The van der Waals surface area contributed by atoms with Gasteiger partial charge in [-0.3, -0.25) is 4.79 Å². The highest BCUT2D eigenvalue weighted by Gasteiger charge is 2.22. The van der Waals surface area contributed by atoms with Crippen LogP contribution in [0.4, 0.5) is 11.4 Å². The van der Waals surface area contributed by atoms with Gasteiger partial charge in [-0.05, 0) is 39.0 Å². The fraction of sp³-hybridized carbons (Fsp3) is 0.529. The summed E-state index contributed by atoms with van der Waals surface area (Å²) in [6, 6.07) is 5.37. The quantitative estimate of drug-likeness (QED) is 0.665. The van der Waals surface area contributed by atoms with Gasteiger partial charge < -0.3 is 20.3 Å². The largest absolute Gasteiger partial charge is 0.456 e. The molecule has 1 heterocycles. The third-order valence-corrected chi connectivity index (χ3v) is 3.74. The Labute approximate surface area is 137 Å². The van der Waals surface area contributed by atoms with E-state index in [4.69, 9.17) is 10.5 Å². The molecule has 0 saturated carbocycles. The van der Waals surface area contributed by atoms with Gasteiger partial charge in [-0.15, -0.1) is 0 Å². The number of ether oxygens (including phenoxy) is 1. The fourth-order valence-electron chi connectivity index (χ4n) is 2.55. The maximum atomic E-state index is 12.1. The first-order valence-corrected chi connectivity index (χ1v) is 7.81. The molecule has 1 aromatic rings. The zero-order chi connectivity index (χ0) is 17.2. The number of carbonyl (C=O) groups is 2. The summed E-state index contributed by atoms with van der Waals surface area (Å²) >= 11 is 0. The first-order chi connectivity index (χ1) is 10.7. The minimum atomic E-state index is -0.550. The molecular weight excluding hydrogens is 294 g/mol. The van der Waals surface area contributed by atoms with Gasteiger partial charge in [0.1, 0.15) is 5.60 Å². The number of nitrogens with zero attached hydrogens (tertiary/aromatic N) is 2. The molecule has 0 unspecified atom stereocenters. The molecule has 0 bridgehead atoms. The summed E-state index contributed by atoms with van der Waals surface area (Å²) in [4.78, 5) is 27.5. The molecular formula is C17H25N3O3. The van der Waals surface area contributed by atoms with Crippen LogP contribution in [0.15, 0.2) is 18.2 Å². The zero-order valence-electron chi connectivity index (χ0n) is 14.3. The molecule has 2 N–H and O–H groups in total. The molecule has 0 aliphatic carbocycles. The minimum Gasteiger partial charge on any atom is -0.456 e. The van der Waals surface area contributed by atoms with E-state index in [1.807, 2.05) is 31.7 Å². The van der Waals surface area contributed by atoms with Crippen molar-refractivity contribution in [1.82, 2.24) is 4.90 Å². The SMILES string of the molecule is CC(=O)N1CCN(c2ccc(C(=O)OC(C)(C)C)c(N)c2)CC1. The fourth-order valence-corrected chi connectivity index (χ4v) is 2.55. The molecule has 1 amide bonds. The molecule has 6 nitrogen and oxygen atoms in total. The second-order valence-corrected chi connectivity index (χ2v) is 6.77. The second kappa shape index (κ2) is 6.48. The molecule has 1 aliphatic heterocycles. The smallest absolute Gasteiger partial charge is 0.340 e. The van der Waals surface area contributed by atoms with Crippen LogP contribution in [0.5, 0.6) is 0 Å². The summed E-state index contributed by atoms with van der Waals surface area (Å²) in [5.41, 5.74) is 7.23. The number of rotatable bonds is 2. The predicted octanol–water partition coefficient (Wildman–Crippen LogP) is 1.89. The Kier molecular flexibility index (Phi) is 4.82. The van der Waals surface area contributed by atoms with E-state index in [0.717, 1.165) is 18.8 Å². The van der Waals surface area contributed by atoms with E-state index in [2.05, 4.69) is 4.90 Å².